The van der Waals surface area contributed by atoms with Crippen molar-refractivity contribution in [2.24, 2.45) is 0 Å². The Morgan fingerprint density at radius 3 is 2.66 bits per heavy atom. The molecular formula is C26H19F2N7O2S. The molecule has 9 nitrogen and oxygen atoms in total. The number of nitrogens with one attached hydrogen (secondary N) is 2. The third-order valence-electron chi connectivity index (χ3n) is 6.07. The number of imidazole rings is 1. The summed E-state index contributed by atoms with van der Waals surface area (Å²) in [5.41, 5.74) is 1.62. The van der Waals surface area contributed by atoms with E-state index in [1.165, 1.54) is 17.4 Å². The highest BCUT2D eigenvalue weighted by Crippen LogP contribution is 2.32. The van der Waals surface area contributed by atoms with E-state index in [1.54, 1.807) is 27.8 Å². The number of nitrogens with zero attached hydrogens (tertiary/aromatic N) is 5. The van der Waals surface area contributed by atoms with Crippen LogP contribution in [0.25, 0.3) is 16.3 Å². The van der Waals surface area contributed by atoms with Gasteiger partial charge in [-0.1, -0.05) is 12.1 Å². The predicted octanol–water partition coefficient (Wildman–Crippen LogP) is 5.25. The van der Waals surface area contributed by atoms with Gasteiger partial charge in [-0.25, -0.2) is 23.7 Å². The van der Waals surface area contributed by atoms with Crippen LogP contribution in [0.2, 0.25) is 0 Å². The van der Waals surface area contributed by atoms with E-state index in [9.17, 15) is 18.4 Å². The summed E-state index contributed by atoms with van der Waals surface area (Å²) in [7, 11) is 0. The summed E-state index contributed by atoms with van der Waals surface area (Å²) in [4.78, 5) is 40.6. The molecule has 6 rings (SSSR count). The van der Waals surface area contributed by atoms with Crippen LogP contribution < -0.4 is 15.5 Å². The molecule has 12 heteroatoms. The van der Waals surface area contributed by atoms with E-state index in [0.717, 1.165) is 24.2 Å². The zero-order valence-electron chi connectivity index (χ0n) is 19.7. The van der Waals surface area contributed by atoms with Crippen molar-refractivity contribution in [3.8, 4) is 11.4 Å². The lowest BCUT2D eigenvalue weighted by molar-refractivity contribution is -0.117. The summed E-state index contributed by atoms with van der Waals surface area (Å²) in [6.45, 7) is 0.678. The van der Waals surface area contributed by atoms with E-state index in [-0.39, 0.29) is 17.7 Å². The van der Waals surface area contributed by atoms with Gasteiger partial charge in [-0.15, -0.1) is 11.3 Å². The summed E-state index contributed by atoms with van der Waals surface area (Å²) < 4.78 is 30.1. The first-order chi connectivity index (χ1) is 18.5. The zero-order chi connectivity index (χ0) is 26.2. The SMILES string of the molecule is O=C(Nc1nc2sccn2c1-c1ccnc(Nc2cccc(N3CCCC3=O)c2)n1)c1c(F)cccc1F. The Hall–Kier alpha value is -4.71. The molecule has 1 aliphatic rings. The summed E-state index contributed by atoms with van der Waals surface area (Å²) in [6.07, 6.45) is 4.67. The normalized spacial score (nSPS) is 13.3. The van der Waals surface area contributed by atoms with E-state index in [4.69, 9.17) is 0 Å². The number of aromatic nitrogens is 4. The van der Waals surface area contributed by atoms with Crippen LogP contribution in [0.5, 0.6) is 0 Å². The molecular weight excluding hydrogens is 512 g/mol. The monoisotopic (exact) mass is 531 g/mol. The molecule has 2 amide bonds. The fourth-order valence-electron chi connectivity index (χ4n) is 4.36. The second kappa shape index (κ2) is 9.63. The molecule has 0 radical (unpaired) electrons. The molecule has 5 aromatic rings. The van der Waals surface area contributed by atoms with Gasteiger partial charge in [-0.3, -0.25) is 14.0 Å². The maximum Gasteiger partial charge on any atom is 0.262 e. The van der Waals surface area contributed by atoms with Crippen LogP contribution in [-0.4, -0.2) is 37.7 Å². The minimum Gasteiger partial charge on any atom is -0.324 e. The highest BCUT2D eigenvalue weighted by Gasteiger charge is 2.24. The predicted molar refractivity (Wildman–Crippen MR) is 140 cm³/mol. The largest absolute Gasteiger partial charge is 0.324 e. The van der Waals surface area contributed by atoms with E-state index >= 15 is 0 Å². The molecule has 1 fully saturated rings. The molecule has 2 N–H and O–H groups in total. The zero-order valence-corrected chi connectivity index (χ0v) is 20.5. The standard InChI is InChI=1S/C26H19F2N7O2S/c27-17-6-2-7-18(28)21(17)24(37)32-23-22(35-12-13-38-26(35)33-23)19-9-10-29-25(31-19)30-15-4-1-5-16(14-15)34-11-3-8-20(34)36/h1-2,4-7,9-10,12-14H,3,8,11H2,(H,32,37)(H,29,30,31). The summed E-state index contributed by atoms with van der Waals surface area (Å²) in [6, 6.07) is 12.3. The van der Waals surface area contributed by atoms with E-state index in [1.807, 2.05) is 29.6 Å². The van der Waals surface area contributed by atoms with Crippen molar-refractivity contribution in [3.63, 3.8) is 0 Å². The van der Waals surface area contributed by atoms with Crippen molar-refractivity contribution in [2.75, 3.05) is 22.1 Å². The second-order valence-electron chi connectivity index (χ2n) is 8.51. The van der Waals surface area contributed by atoms with E-state index < -0.39 is 23.1 Å². The number of carbonyl (C=O) groups is 2. The van der Waals surface area contributed by atoms with Crippen LogP contribution in [-0.2, 0) is 4.79 Å². The van der Waals surface area contributed by atoms with Gasteiger partial charge in [0.2, 0.25) is 11.9 Å². The van der Waals surface area contributed by atoms with Crippen molar-refractivity contribution in [3.05, 3.63) is 83.5 Å². The molecule has 2 aromatic carbocycles. The van der Waals surface area contributed by atoms with Crippen molar-refractivity contribution in [1.29, 1.82) is 0 Å². The number of amides is 2. The Kier molecular flexibility index (Phi) is 6.00. The van der Waals surface area contributed by atoms with Crippen LogP contribution in [0.15, 0.2) is 66.3 Å². The number of halogens is 2. The van der Waals surface area contributed by atoms with Gasteiger partial charge in [-0.05, 0) is 42.8 Å². The fourth-order valence-corrected chi connectivity index (χ4v) is 5.07. The lowest BCUT2D eigenvalue weighted by atomic mass is 10.2. The summed E-state index contributed by atoms with van der Waals surface area (Å²) in [5, 5.41) is 7.51. The Balaban J connectivity index is 1.32. The van der Waals surface area contributed by atoms with Crippen molar-refractivity contribution < 1.29 is 18.4 Å². The van der Waals surface area contributed by atoms with Crippen LogP contribution in [0.4, 0.5) is 31.9 Å². The Morgan fingerprint density at radius 1 is 1.05 bits per heavy atom. The number of thiazole rings is 1. The first-order valence-electron chi connectivity index (χ1n) is 11.7. The number of carbonyl (C=O) groups excluding carboxylic acids is 2. The number of fused-ring (bicyclic) bond motifs is 1. The maximum atomic E-state index is 14.2. The van der Waals surface area contributed by atoms with Crippen LogP contribution in [0, 0.1) is 11.6 Å². The molecule has 38 heavy (non-hydrogen) atoms. The molecule has 190 valence electrons. The van der Waals surface area contributed by atoms with Gasteiger partial charge in [0, 0.05) is 42.1 Å². The summed E-state index contributed by atoms with van der Waals surface area (Å²) in [5.74, 6) is -2.45. The molecule has 0 bridgehead atoms. The summed E-state index contributed by atoms with van der Waals surface area (Å²) >= 11 is 1.33. The molecule has 0 spiro atoms. The molecule has 1 saturated heterocycles. The Labute approximate surface area is 218 Å². The van der Waals surface area contributed by atoms with Crippen molar-refractivity contribution in [2.45, 2.75) is 12.8 Å². The van der Waals surface area contributed by atoms with Gasteiger partial charge >= 0.3 is 0 Å². The van der Waals surface area contributed by atoms with Gasteiger partial charge < -0.3 is 15.5 Å². The topological polar surface area (TPSA) is 105 Å². The number of hydrogen-bond donors (Lipinski definition) is 2. The minimum absolute atomic E-state index is 0.0887. The van der Waals surface area contributed by atoms with Gasteiger partial charge in [-0.2, -0.15) is 0 Å². The van der Waals surface area contributed by atoms with Crippen molar-refractivity contribution >= 4 is 51.3 Å². The average molecular weight is 532 g/mol. The van der Waals surface area contributed by atoms with Gasteiger partial charge in [0.25, 0.3) is 5.91 Å². The molecule has 4 heterocycles. The maximum absolute atomic E-state index is 14.2. The van der Waals surface area contributed by atoms with Crippen LogP contribution in [0.3, 0.4) is 0 Å². The number of anilines is 4. The highest BCUT2D eigenvalue weighted by molar-refractivity contribution is 7.15. The average Bonchev–Trinajstić information content (AvgIpc) is 3.60. The van der Waals surface area contributed by atoms with E-state index in [0.29, 0.717) is 35.0 Å². The Morgan fingerprint density at radius 2 is 1.87 bits per heavy atom. The van der Waals surface area contributed by atoms with Gasteiger partial charge in [0.1, 0.15) is 22.9 Å². The van der Waals surface area contributed by atoms with Gasteiger partial charge in [0.15, 0.2) is 10.8 Å². The first kappa shape index (κ1) is 23.7. The first-order valence-corrected chi connectivity index (χ1v) is 12.6. The molecule has 0 saturated carbocycles. The number of hydrogen-bond acceptors (Lipinski definition) is 7. The Bertz CT molecular complexity index is 1680. The van der Waals surface area contributed by atoms with E-state index in [2.05, 4.69) is 25.6 Å². The third kappa shape index (κ3) is 4.34. The lowest BCUT2D eigenvalue weighted by Gasteiger charge is -2.16. The molecule has 0 atom stereocenters. The van der Waals surface area contributed by atoms with Crippen LogP contribution >= 0.6 is 11.3 Å². The molecule has 1 aliphatic heterocycles. The molecule has 0 aliphatic carbocycles. The third-order valence-corrected chi connectivity index (χ3v) is 6.83. The van der Waals surface area contributed by atoms with Gasteiger partial charge in [0.05, 0.1) is 5.69 Å². The van der Waals surface area contributed by atoms with Crippen LogP contribution in [0.1, 0.15) is 23.2 Å². The second-order valence-corrected chi connectivity index (χ2v) is 9.38. The molecule has 0 unspecified atom stereocenters. The quantitative estimate of drug-likeness (QED) is 0.310. The number of benzene rings is 2. The smallest absolute Gasteiger partial charge is 0.262 e. The minimum atomic E-state index is -0.976. The fraction of sp³-hybridized carbons (Fsp3) is 0.115. The van der Waals surface area contributed by atoms with Crippen molar-refractivity contribution in [1.82, 2.24) is 19.4 Å². The lowest BCUT2D eigenvalue weighted by Crippen LogP contribution is -2.23. The number of rotatable bonds is 6. The molecule has 3 aromatic heterocycles. The highest BCUT2D eigenvalue weighted by atomic mass is 32.1.